The molecule has 0 aliphatic carbocycles. The Bertz CT molecular complexity index is 1950. The fourth-order valence-electron chi connectivity index (χ4n) is 6.41. The number of likely N-dealkylation sites (tertiary alicyclic amines) is 1. The Morgan fingerprint density at radius 3 is 2.24 bits per heavy atom. The third kappa shape index (κ3) is 7.24. The largest absolute Gasteiger partial charge is 0.399 e. The van der Waals surface area contributed by atoms with Crippen LogP contribution < -0.4 is 5.32 Å². The Kier molecular flexibility index (Phi) is 9.75. The lowest BCUT2D eigenvalue weighted by Gasteiger charge is -2.36. The van der Waals surface area contributed by atoms with Crippen LogP contribution >= 0.6 is 18.9 Å². The molecule has 0 radical (unpaired) electrons. The van der Waals surface area contributed by atoms with Gasteiger partial charge in [0.2, 0.25) is 11.8 Å². The van der Waals surface area contributed by atoms with Gasteiger partial charge in [-0.2, -0.15) is 8.78 Å². The summed E-state index contributed by atoms with van der Waals surface area (Å²) in [5.74, 6) is -1.28. The van der Waals surface area contributed by atoms with Crippen LogP contribution in [0.4, 0.5) is 8.78 Å². The fraction of sp³-hybridized carbons (Fsp3) is 0.361. The third-order valence-electron chi connectivity index (χ3n) is 9.15. The van der Waals surface area contributed by atoms with Crippen LogP contribution in [0.2, 0.25) is 0 Å². The Labute approximate surface area is 292 Å². The Morgan fingerprint density at radius 2 is 1.62 bits per heavy atom. The quantitative estimate of drug-likeness (QED) is 0.180. The highest BCUT2D eigenvalue weighted by molar-refractivity contribution is 7.52. The number of halogens is 2. The third-order valence-corrected chi connectivity index (χ3v) is 11.3. The average Bonchev–Trinajstić information content (AvgIpc) is 3.81. The van der Waals surface area contributed by atoms with Gasteiger partial charge in [0.25, 0.3) is 5.91 Å². The van der Waals surface area contributed by atoms with Gasteiger partial charge in [-0.25, -0.2) is 0 Å². The highest BCUT2D eigenvalue weighted by atomic mass is 32.1. The van der Waals surface area contributed by atoms with E-state index in [9.17, 15) is 27.7 Å². The van der Waals surface area contributed by atoms with Crippen molar-refractivity contribution in [2.24, 2.45) is 5.41 Å². The van der Waals surface area contributed by atoms with Gasteiger partial charge in [-0.1, -0.05) is 81.4 Å². The summed E-state index contributed by atoms with van der Waals surface area (Å²) in [6.07, 6.45) is -0.148. The summed E-state index contributed by atoms with van der Waals surface area (Å²) in [6.45, 7) is 6.69. The van der Waals surface area contributed by atoms with Crippen LogP contribution in [-0.4, -0.2) is 62.0 Å². The molecule has 0 bridgehead atoms. The van der Waals surface area contributed by atoms with Crippen molar-refractivity contribution in [1.82, 2.24) is 15.1 Å². The van der Waals surface area contributed by atoms with E-state index in [1.165, 1.54) is 17.0 Å². The molecule has 264 valence electrons. The molecule has 10 nitrogen and oxygen atoms in total. The molecule has 3 heterocycles. The second-order valence-corrected chi connectivity index (χ2v) is 16.6. The van der Waals surface area contributed by atoms with Crippen LogP contribution in [0, 0.1) is 5.41 Å². The maximum Gasteiger partial charge on any atom is 0.399 e. The first-order chi connectivity index (χ1) is 23.5. The van der Waals surface area contributed by atoms with Crippen molar-refractivity contribution in [3.05, 3.63) is 106 Å². The van der Waals surface area contributed by atoms with Gasteiger partial charge in [-0.05, 0) is 45.7 Å². The summed E-state index contributed by atoms with van der Waals surface area (Å²) in [4.78, 5) is 64.0. The Hall–Kier alpha value is -4.00. The van der Waals surface area contributed by atoms with Gasteiger partial charge in [-0.3, -0.25) is 18.9 Å². The summed E-state index contributed by atoms with van der Waals surface area (Å²) in [7, 11) is -5.79. The van der Waals surface area contributed by atoms with Gasteiger partial charge in [-0.15, -0.1) is 11.3 Å². The maximum absolute atomic E-state index is 14.5. The molecule has 3 atom stereocenters. The van der Waals surface area contributed by atoms with E-state index in [0.717, 1.165) is 40.2 Å². The fourth-order valence-corrected chi connectivity index (χ4v) is 7.83. The van der Waals surface area contributed by atoms with Crippen LogP contribution in [0.25, 0.3) is 10.1 Å². The number of fused-ring (bicyclic) bond motifs is 2. The highest BCUT2D eigenvalue weighted by Crippen LogP contribution is 2.59. The molecule has 14 heteroatoms. The van der Waals surface area contributed by atoms with E-state index in [2.05, 4.69) is 5.32 Å². The summed E-state index contributed by atoms with van der Waals surface area (Å²) < 4.78 is 46.9. The minimum atomic E-state index is -5.79. The van der Waals surface area contributed by atoms with E-state index in [0.29, 0.717) is 24.4 Å². The first-order valence-electron chi connectivity index (χ1n) is 16.1. The predicted molar refractivity (Wildman–Crippen MR) is 184 cm³/mol. The van der Waals surface area contributed by atoms with Gasteiger partial charge in [0.15, 0.2) is 0 Å². The second-order valence-electron chi connectivity index (χ2n) is 13.8. The normalized spacial score (nSPS) is 18.7. The average molecular weight is 726 g/mol. The molecule has 1 saturated heterocycles. The number of nitrogens with one attached hydrogen (secondary N) is 1. The molecule has 2 aliphatic rings. The number of hydrogen-bond donors (Lipinski definition) is 3. The van der Waals surface area contributed by atoms with E-state index >= 15 is 0 Å². The van der Waals surface area contributed by atoms with Gasteiger partial charge >= 0.3 is 13.3 Å². The number of thiophene rings is 1. The first kappa shape index (κ1) is 35.8. The molecule has 4 aromatic rings. The summed E-state index contributed by atoms with van der Waals surface area (Å²) in [6, 6.07) is 20.0. The number of nitrogens with zero attached hydrogens (tertiary/aromatic N) is 2. The van der Waals surface area contributed by atoms with Gasteiger partial charge in [0, 0.05) is 36.3 Å². The lowest BCUT2D eigenvalue weighted by atomic mass is 9.85. The van der Waals surface area contributed by atoms with Crippen LogP contribution in [-0.2, 0) is 44.3 Å². The van der Waals surface area contributed by atoms with Crippen molar-refractivity contribution in [2.45, 2.75) is 70.7 Å². The van der Waals surface area contributed by atoms with Crippen LogP contribution in [0.15, 0.2) is 78.9 Å². The van der Waals surface area contributed by atoms with Crippen LogP contribution in [0.3, 0.4) is 0 Å². The van der Waals surface area contributed by atoms with Crippen molar-refractivity contribution in [2.75, 3.05) is 6.54 Å². The number of rotatable bonds is 9. The molecule has 0 saturated carbocycles. The number of hydrogen-bond acceptors (Lipinski definition) is 6. The number of benzene rings is 3. The lowest BCUT2D eigenvalue weighted by Crippen LogP contribution is -2.57. The molecule has 3 aromatic carbocycles. The van der Waals surface area contributed by atoms with Crippen LogP contribution in [0.5, 0.6) is 0 Å². The molecule has 3 N–H and O–H groups in total. The van der Waals surface area contributed by atoms with Crippen molar-refractivity contribution in [3.63, 3.8) is 0 Å². The maximum atomic E-state index is 14.5. The van der Waals surface area contributed by atoms with E-state index in [4.69, 9.17) is 14.5 Å². The molecule has 50 heavy (non-hydrogen) atoms. The molecular formula is C36H38F2N3O7PS. The molecule has 2 aliphatic heterocycles. The molecule has 1 unspecified atom stereocenters. The number of alkyl halides is 2. The molecule has 6 rings (SSSR count). The zero-order valence-electron chi connectivity index (χ0n) is 27.7. The standard InChI is InChI=1S/C36H38F2N3O7PS/c1-35(2,3)31(39-32(42)30-16-25-15-26(13-14-29(25)50-30)36(37,38)49(45,46)47)34(44)41-20-27(48-21-22-9-5-4-6-10-22)17-28(41)33(43)40-18-23-11-7-8-12-24(23)19-40/h4-16,27-28,31H,17-21H2,1-3H3,(H,39,42)(H2,45,46,47)/t27-,28+,31?/m1/s1. The Morgan fingerprint density at radius 1 is 0.980 bits per heavy atom. The van der Waals surface area contributed by atoms with E-state index < -0.39 is 54.2 Å². The Balaban J connectivity index is 1.24. The van der Waals surface area contributed by atoms with Crippen molar-refractivity contribution in [3.8, 4) is 0 Å². The summed E-state index contributed by atoms with van der Waals surface area (Å²) in [5, 5.41) is 3.03. The van der Waals surface area contributed by atoms with Gasteiger partial charge < -0.3 is 29.6 Å². The van der Waals surface area contributed by atoms with Gasteiger partial charge in [0.1, 0.15) is 12.1 Å². The number of amides is 3. The predicted octanol–water partition coefficient (Wildman–Crippen LogP) is 6.00. The van der Waals surface area contributed by atoms with Crippen molar-refractivity contribution >= 4 is 46.7 Å². The molecule has 3 amide bonds. The number of carbonyl (C=O) groups is 3. The summed E-state index contributed by atoms with van der Waals surface area (Å²) in [5.41, 5.74) is -3.03. The van der Waals surface area contributed by atoms with E-state index in [1.54, 1.807) is 25.7 Å². The topological polar surface area (TPSA) is 136 Å². The number of carbonyl (C=O) groups excluding carboxylic acids is 3. The summed E-state index contributed by atoms with van der Waals surface area (Å²) >= 11 is 0.993. The van der Waals surface area contributed by atoms with E-state index in [1.807, 2.05) is 54.6 Å². The van der Waals surface area contributed by atoms with Crippen LogP contribution in [0.1, 0.15) is 59.1 Å². The zero-order valence-corrected chi connectivity index (χ0v) is 29.4. The minimum Gasteiger partial charge on any atom is -0.372 e. The molecule has 1 fully saturated rings. The molecule has 1 aromatic heterocycles. The van der Waals surface area contributed by atoms with Crippen molar-refractivity contribution < 1.29 is 42.3 Å². The second kappa shape index (κ2) is 13.6. The molecular weight excluding hydrogens is 687 g/mol. The highest BCUT2D eigenvalue weighted by Gasteiger charge is 2.50. The smallest absolute Gasteiger partial charge is 0.372 e. The minimum absolute atomic E-state index is 0.117. The van der Waals surface area contributed by atoms with Crippen molar-refractivity contribution in [1.29, 1.82) is 0 Å². The zero-order chi connectivity index (χ0) is 36.0. The SMILES string of the molecule is CC(C)(C)C(NC(=O)c1cc2cc(C(F)(F)P(=O)(O)O)ccc2s1)C(=O)N1C[C@H](OCc2ccccc2)C[C@H]1C(=O)N1Cc2ccccc2C1. The van der Waals surface area contributed by atoms with E-state index in [-0.39, 0.29) is 29.1 Å². The first-order valence-corrected chi connectivity index (χ1v) is 18.6. The monoisotopic (exact) mass is 725 g/mol. The van der Waals surface area contributed by atoms with Gasteiger partial charge in [0.05, 0.1) is 17.6 Å². The lowest BCUT2D eigenvalue weighted by molar-refractivity contribution is -0.146. The molecule has 0 spiro atoms. The number of ether oxygens (including phenoxy) is 1.